The molecule has 2 fully saturated rings. The number of rotatable bonds is 6. The lowest BCUT2D eigenvalue weighted by Gasteiger charge is -2.36. The standard InChI is InChI=1S/C17H26N6O7/c24-6-9(26)5-21-1-3-22(4-2-21)17-20-11-14(18-8-19-15(11)29)23(17)16-13(28)12(27)10(7-25)30-16/h8-10,12-13,16,24-28H,1-7H2,(H,18,19,29)/t9-,10-,12+,13+,16+/m0/s1. The summed E-state index contributed by atoms with van der Waals surface area (Å²) in [6.07, 6.45) is -4.30. The highest BCUT2D eigenvalue weighted by atomic mass is 16.6. The van der Waals surface area contributed by atoms with Crippen LogP contribution < -0.4 is 10.5 Å². The lowest BCUT2D eigenvalue weighted by molar-refractivity contribution is -0.0505. The van der Waals surface area contributed by atoms with E-state index in [2.05, 4.69) is 15.0 Å². The number of fused-ring (bicyclic) bond motifs is 1. The van der Waals surface area contributed by atoms with Crippen LogP contribution >= 0.6 is 0 Å². The number of hydrogen-bond donors (Lipinski definition) is 6. The minimum Gasteiger partial charge on any atom is -0.394 e. The van der Waals surface area contributed by atoms with Gasteiger partial charge in [-0.25, -0.2) is 9.97 Å². The minimum absolute atomic E-state index is 0.0726. The molecule has 2 aromatic heterocycles. The van der Waals surface area contributed by atoms with E-state index in [4.69, 9.17) is 9.84 Å². The van der Waals surface area contributed by atoms with E-state index in [-0.39, 0.29) is 17.8 Å². The molecule has 2 aliphatic heterocycles. The number of piperazine rings is 1. The topological polar surface area (TPSA) is 180 Å². The summed E-state index contributed by atoms with van der Waals surface area (Å²) >= 11 is 0. The first-order valence-corrected chi connectivity index (χ1v) is 9.79. The molecule has 0 radical (unpaired) electrons. The van der Waals surface area contributed by atoms with E-state index in [1.807, 2.05) is 9.80 Å². The molecule has 2 saturated heterocycles. The molecule has 0 bridgehead atoms. The van der Waals surface area contributed by atoms with Gasteiger partial charge in [0.1, 0.15) is 18.3 Å². The van der Waals surface area contributed by atoms with Crippen LogP contribution in [-0.4, -0.2) is 120 Å². The highest BCUT2D eigenvalue weighted by molar-refractivity contribution is 5.74. The first kappa shape index (κ1) is 21.1. The number of aromatic nitrogens is 4. The van der Waals surface area contributed by atoms with Crippen LogP contribution in [0.2, 0.25) is 0 Å². The fourth-order valence-electron chi connectivity index (χ4n) is 3.95. The molecule has 13 nitrogen and oxygen atoms in total. The van der Waals surface area contributed by atoms with Gasteiger partial charge in [-0.3, -0.25) is 14.3 Å². The fraction of sp³-hybridized carbons (Fsp3) is 0.706. The van der Waals surface area contributed by atoms with Crippen molar-refractivity contribution in [2.24, 2.45) is 0 Å². The second kappa shape index (κ2) is 8.55. The Morgan fingerprint density at radius 2 is 1.93 bits per heavy atom. The zero-order chi connectivity index (χ0) is 21.4. The van der Waals surface area contributed by atoms with Crippen LogP contribution in [0.3, 0.4) is 0 Å². The number of hydrogen-bond acceptors (Lipinski definition) is 11. The highest BCUT2D eigenvalue weighted by Crippen LogP contribution is 2.35. The Balaban J connectivity index is 1.67. The Morgan fingerprint density at radius 3 is 2.57 bits per heavy atom. The van der Waals surface area contributed by atoms with Crippen molar-refractivity contribution >= 4 is 17.1 Å². The summed E-state index contributed by atoms with van der Waals surface area (Å²) in [4.78, 5) is 27.3. The van der Waals surface area contributed by atoms with E-state index < -0.39 is 42.8 Å². The van der Waals surface area contributed by atoms with E-state index in [0.717, 1.165) is 0 Å². The van der Waals surface area contributed by atoms with Crippen LogP contribution in [0.5, 0.6) is 0 Å². The molecule has 0 amide bonds. The molecule has 0 aliphatic carbocycles. The summed E-state index contributed by atoms with van der Waals surface area (Å²) in [5, 5.41) is 48.8. The van der Waals surface area contributed by atoms with Gasteiger partial charge in [0, 0.05) is 32.7 Å². The van der Waals surface area contributed by atoms with Gasteiger partial charge in [0.25, 0.3) is 5.56 Å². The Morgan fingerprint density at radius 1 is 1.20 bits per heavy atom. The molecule has 0 aromatic carbocycles. The molecule has 0 saturated carbocycles. The number of β-amino-alcohol motifs (C(OH)–C–C–N with tert-alkyl or cyclic N) is 1. The van der Waals surface area contributed by atoms with Gasteiger partial charge in [-0.05, 0) is 0 Å². The van der Waals surface area contributed by atoms with Crippen LogP contribution in [0.4, 0.5) is 5.95 Å². The third-order valence-corrected chi connectivity index (χ3v) is 5.57. The van der Waals surface area contributed by atoms with Crippen molar-refractivity contribution in [2.45, 2.75) is 30.6 Å². The lowest BCUT2D eigenvalue weighted by atomic mass is 10.1. The van der Waals surface area contributed by atoms with Crippen LogP contribution in [0.15, 0.2) is 11.1 Å². The van der Waals surface area contributed by atoms with Gasteiger partial charge in [-0.2, -0.15) is 0 Å². The van der Waals surface area contributed by atoms with Gasteiger partial charge >= 0.3 is 0 Å². The minimum atomic E-state index is -1.35. The smallest absolute Gasteiger partial charge is 0.278 e. The van der Waals surface area contributed by atoms with Crippen molar-refractivity contribution in [3.8, 4) is 0 Å². The molecule has 2 aliphatic rings. The third kappa shape index (κ3) is 3.69. The number of aromatic amines is 1. The van der Waals surface area contributed by atoms with E-state index in [0.29, 0.717) is 38.7 Å². The number of anilines is 1. The Kier molecular flexibility index (Phi) is 6.02. The molecule has 2 aromatic rings. The molecular formula is C17H26N6O7. The molecule has 4 rings (SSSR count). The summed E-state index contributed by atoms with van der Waals surface area (Å²) < 4.78 is 7.15. The number of aliphatic hydroxyl groups excluding tert-OH is 5. The Labute approximate surface area is 170 Å². The number of aliphatic hydroxyl groups is 5. The number of imidazole rings is 1. The monoisotopic (exact) mass is 426 g/mol. The van der Waals surface area contributed by atoms with Crippen LogP contribution in [-0.2, 0) is 4.74 Å². The number of nitrogens with zero attached hydrogens (tertiary/aromatic N) is 5. The maximum absolute atomic E-state index is 12.3. The van der Waals surface area contributed by atoms with E-state index in [1.165, 1.54) is 10.9 Å². The molecule has 0 spiro atoms. The molecule has 30 heavy (non-hydrogen) atoms. The maximum Gasteiger partial charge on any atom is 0.278 e. The lowest BCUT2D eigenvalue weighted by Crippen LogP contribution is -2.50. The summed E-state index contributed by atoms with van der Waals surface area (Å²) in [5.74, 6) is 0.353. The van der Waals surface area contributed by atoms with Crippen molar-refractivity contribution in [3.05, 3.63) is 16.7 Å². The van der Waals surface area contributed by atoms with Crippen molar-refractivity contribution in [1.82, 2.24) is 24.4 Å². The predicted octanol–water partition coefficient (Wildman–Crippen LogP) is -3.79. The van der Waals surface area contributed by atoms with Crippen molar-refractivity contribution in [3.63, 3.8) is 0 Å². The summed E-state index contributed by atoms with van der Waals surface area (Å²) in [7, 11) is 0. The first-order valence-electron chi connectivity index (χ1n) is 9.79. The second-order valence-corrected chi connectivity index (χ2v) is 7.54. The van der Waals surface area contributed by atoms with Gasteiger partial charge in [0.2, 0.25) is 5.95 Å². The molecule has 6 N–H and O–H groups in total. The zero-order valence-corrected chi connectivity index (χ0v) is 16.2. The number of nitrogens with one attached hydrogen (secondary N) is 1. The molecule has 5 atom stereocenters. The quantitative estimate of drug-likeness (QED) is 0.267. The van der Waals surface area contributed by atoms with Crippen molar-refractivity contribution in [2.75, 3.05) is 50.8 Å². The zero-order valence-electron chi connectivity index (χ0n) is 16.2. The van der Waals surface area contributed by atoms with Crippen LogP contribution in [0.25, 0.3) is 11.2 Å². The largest absolute Gasteiger partial charge is 0.394 e. The SMILES string of the molecule is O=c1[nH]cnc2c1nc(N1CCN(C[C@H](O)CO)CC1)n2[C@@H]1O[C@@H](CO)[C@@H](O)[C@H]1O. The molecule has 4 heterocycles. The summed E-state index contributed by atoms with van der Waals surface area (Å²) in [5.41, 5.74) is -0.179. The van der Waals surface area contributed by atoms with Crippen molar-refractivity contribution in [1.29, 1.82) is 0 Å². The molecule has 166 valence electrons. The van der Waals surface area contributed by atoms with E-state index >= 15 is 0 Å². The van der Waals surface area contributed by atoms with Gasteiger partial charge in [-0.1, -0.05) is 0 Å². The van der Waals surface area contributed by atoms with Crippen molar-refractivity contribution < 1.29 is 30.3 Å². The molecule has 13 heteroatoms. The third-order valence-electron chi connectivity index (χ3n) is 5.57. The van der Waals surface area contributed by atoms with E-state index in [9.17, 15) is 25.2 Å². The van der Waals surface area contributed by atoms with Gasteiger partial charge in [0.15, 0.2) is 17.4 Å². The highest BCUT2D eigenvalue weighted by Gasteiger charge is 2.45. The Bertz CT molecular complexity index is 927. The van der Waals surface area contributed by atoms with Crippen LogP contribution in [0.1, 0.15) is 6.23 Å². The first-order chi connectivity index (χ1) is 14.4. The van der Waals surface area contributed by atoms with Gasteiger partial charge < -0.3 is 40.2 Å². The molecular weight excluding hydrogens is 400 g/mol. The summed E-state index contributed by atoms with van der Waals surface area (Å²) in [6.45, 7) is 1.74. The predicted molar refractivity (Wildman–Crippen MR) is 103 cm³/mol. The molecule has 0 unspecified atom stereocenters. The maximum atomic E-state index is 12.3. The fourth-order valence-corrected chi connectivity index (χ4v) is 3.95. The second-order valence-electron chi connectivity index (χ2n) is 7.54. The van der Waals surface area contributed by atoms with E-state index in [1.54, 1.807) is 0 Å². The van der Waals surface area contributed by atoms with Gasteiger partial charge in [-0.15, -0.1) is 0 Å². The van der Waals surface area contributed by atoms with Crippen LogP contribution in [0, 0.1) is 0 Å². The summed E-state index contributed by atoms with van der Waals surface area (Å²) in [6, 6.07) is 0. The number of ether oxygens (including phenoxy) is 1. The Hall–Kier alpha value is -2.13. The number of H-pyrrole nitrogens is 1. The average Bonchev–Trinajstić information content (AvgIpc) is 3.27. The average molecular weight is 426 g/mol. The van der Waals surface area contributed by atoms with Gasteiger partial charge in [0.05, 0.1) is 25.6 Å². The normalized spacial score (nSPS) is 29.0.